The molecule has 156 valence electrons. The first-order chi connectivity index (χ1) is 13.3. The van der Waals surface area contributed by atoms with Gasteiger partial charge in [0, 0.05) is 12.0 Å². The van der Waals surface area contributed by atoms with E-state index in [2.05, 4.69) is 54.4 Å². The van der Waals surface area contributed by atoms with Crippen LogP contribution in [0.2, 0.25) is 0 Å². The lowest BCUT2D eigenvalue weighted by atomic mass is 9.95. The summed E-state index contributed by atoms with van der Waals surface area (Å²) in [5, 5.41) is 17.9. The van der Waals surface area contributed by atoms with Gasteiger partial charge in [-0.05, 0) is 64.2 Å². The van der Waals surface area contributed by atoms with Gasteiger partial charge in [0.1, 0.15) is 0 Å². The molecule has 0 aromatic heterocycles. The molecular weight excluding hydrogens is 360 g/mol. The van der Waals surface area contributed by atoms with Crippen LogP contribution >= 0.6 is 0 Å². The number of rotatable bonds is 7. The van der Waals surface area contributed by atoms with Crippen molar-refractivity contribution in [3.05, 3.63) is 35.9 Å². The normalized spacial score (nSPS) is 15.8. The van der Waals surface area contributed by atoms with E-state index in [-0.39, 0.29) is 11.8 Å². The fourth-order valence-corrected chi connectivity index (χ4v) is 3.03. The minimum atomic E-state index is -1.82. The van der Waals surface area contributed by atoms with Crippen molar-refractivity contribution < 1.29 is 24.6 Å². The van der Waals surface area contributed by atoms with E-state index in [9.17, 15) is 4.79 Å². The van der Waals surface area contributed by atoms with Crippen LogP contribution in [-0.2, 0) is 20.8 Å². The zero-order chi connectivity index (χ0) is 20.9. The number of likely N-dealkylation sites (tertiary alicyclic amines) is 1. The predicted octanol–water partition coefficient (Wildman–Crippen LogP) is 2.40. The Labute approximate surface area is 166 Å². The number of nitrogens with zero attached hydrogens (tertiary/aromatic N) is 1. The molecule has 1 unspecified atom stereocenters. The molecule has 1 aromatic rings. The number of aryl methyl sites for hydroxylation is 1. The minimum Gasteiger partial charge on any atom is -0.473 e. The van der Waals surface area contributed by atoms with Gasteiger partial charge >= 0.3 is 11.9 Å². The van der Waals surface area contributed by atoms with E-state index in [4.69, 9.17) is 19.8 Å². The fourth-order valence-electron chi connectivity index (χ4n) is 3.03. The number of amides is 1. The third-order valence-corrected chi connectivity index (χ3v) is 4.92. The Morgan fingerprint density at radius 1 is 1.11 bits per heavy atom. The number of aliphatic carboxylic acids is 2. The number of carbonyl (C=O) groups excluding carboxylic acids is 1. The van der Waals surface area contributed by atoms with E-state index in [1.165, 1.54) is 12.0 Å². The molecule has 1 atom stereocenters. The molecule has 0 aliphatic carbocycles. The number of carboxylic acid groups (broad SMARTS) is 2. The Bertz CT molecular complexity index is 600. The number of hydrogen-bond acceptors (Lipinski definition) is 4. The number of piperidine rings is 1. The van der Waals surface area contributed by atoms with Gasteiger partial charge in [0.15, 0.2) is 0 Å². The van der Waals surface area contributed by atoms with Gasteiger partial charge in [-0.25, -0.2) is 9.59 Å². The maximum Gasteiger partial charge on any atom is 0.414 e. The molecule has 1 aliphatic heterocycles. The van der Waals surface area contributed by atoms with Crippen LogP contribution in [0.3, 0.4) is 0 Å². The van der Waals surface area contributed by atoms with Crippen molar-refractivity contribution in [3.63, 3.8) is 0 Å². The molecule has 28 heavy (non-hydrogen) atoms. The van der Waals surface area contributed by atoms with Crippen LogP contribution < -0.4 is 5.32 Å². The van der Waals surface area contributed by atoms with Crippen molar-refractivity contribution in [3.8, 4) is 0 Å². The molecule has 1 amide bonds. The largest absolute Gasteiger partial charge is 0.473 e. The molecule has 1 fully saturated rings. The molecule has 7 heteroatoms. The van der Waals surface area contributed by atoms with Crippen LogP contribution in [0.5, 0.6) is 0 Å². The third-order valence-electron chi connectivity index (χ3n) is 4.92. The first kappa shape index (κ1) is 23.6. The summed E-state index contributed by atoms with van der Waals surface area (Å²) in [5.74, 6) is -3.16. The van der Waals surface area contributed by atoms with Gasteiger partial charge in [-0.3, -0.25) is 4.79 Å². The Hall–Kier alpha value is -2.41. The lowest BCUT2D eigenvalue weighted by Gasteiger charge is -2.31. The molecule has 1 heterocycles. The average Bonchev–Trinajstić information content (AvgIpc) is 2.69. The van der Waals surface area contributed by atoms with Gasteiger partial charge in [0.25, 0.3) is 0 Å². The van der Waals surface area contributed by atoms with Gasteiger partial charge in [0.2, 0.25) is 5.91 Å². The summed E-state index contributed by atoms with van der Waals surface area (Å²) in [7, 11) is 0. The van der Waals surface area contributed by atoms with Crippen molar-refractivity contribution in [2.45, 2.75) is 52.0 Å². The number of benzene rings is 1. The van der Waals surface area contributed by atoms with E-state index in [1.54, 1.807) is 0 Å². The predicted molar refractivity (Wildman–Crippen MR) is 107 cm³/mol. The summed E-state index contributed by atoms with van der Waals surface area (Å²) in [4.78, 5) is 32.9. The topological polar surface area (TPSA) is 107 Å². The van der Waals surface area contributed by atoms with E-state index < -0.39 is 11.9 Å². The van der Waals surface area contributed by atoms with Gasteiger partial charge in [-0.1, -0.05) is 37.3 Å². The lowest BCUT2D eigenvalue weighted by Crippen LogP contribution is -2.43. The van der Waals surface area contributed by atoms with Crippen LogP contribution in [0.25, 0.3) is 0 Å². The fraction of sp³-hybridized carbons (Fsp3) is 0.571. The second kappa shape index (κ2) is 12.9. The first-order valence-electron chi connectivity index (χ1n) is 9.86. The molecule has 0 radical (unpaired) electrons. The van der Waals surface area contributed by atoms with Crippen molar-refractivity contribution in [2.75, 3.05) is 19.6 Å². The van der Waals surface area contributed by atoms with E-state index in [0.717, 1.165) is 45.3 Å². The molecule has 0 spiro atoms. The number of carbonyl (C=O) groups is 3. The molecule has 2 rings (SSSR count). The summed E-state index contributed by atoms with van der Waals surface area (Å²) < 4.78 is 0. The second-order valence-electron chi connectivity index (χ2n) is 7.13. The zero-order valence-corrected chi connectivity index (χ0v) is 16.8. The van der Waals surface area contributed by atoms with Crippen LogP contribution in [0, 0.1) is 5.92 Å². The summed E-state index contributed by atoms with van der Waals surface area (Å²) >= 11 is 0. The standard InChI is InChI=1S/C19H30N2O.C2H2O4/c1-3-16(2)20-19(22)18-11-14-21(15-12-18)13-7-10-17-8-5-4-6-9-17;3-1(4)2(5)6/h4-6,8-9,16,18H,3,7,10-15H2,1-2H3,(H,20,22);(H,3,4)(H,5,6). The number of nitrogens with one attached hydrogen (secondary N) is 1. The Kier molecular flexibility index (Phi) is 10.9. The van der Waals surface area contributed by atoms with Gasteiger partial charge in [-0.15, -0.1) is 0 Å². The molecule has 0 bridgehead atoms. The summed E-state index contributed by atoms with van der Waals surface area (Å²) in [6.45, 7) is 7.46. The van der Waals surface area contributed by atoms with Crippen molar-refractivity contribution in [1.82, 2.24) is 10.2 Å². The van der Waals surface area contributed by atoms with Gasteiger partial charge in [0.05, 0.1) is 0 Å². The smallest absolute Gasteiger partial charge is 0.414 e. The molecule has 0 saturated carbocycles. The maximum atomic E-state index is 12.1. The molecule has 7 nitrogen and oxygen atoms in total. The highest BCUT2D eigenvalue weighted by molar-refractivity contribution is 6.27. The molecule has 1 aliphatic rings. The molecule has 1 aromatic carbocycles. The number of carboxylic acids is 2. The van der Waals surface area contributed by atoms with E-state index in [0.29, 0.717) is 6.04 Å². The molecular formula is C21H32N2O5. The SMILES string of the molecule is CCC(C)NC(=O)C1CCN(CCCc2ccccc2)CC1.O=C(O)C(=O)O. The van der Waals surface area contributed by atoms with Crippen molar-refractivity contribution in [1.29, 1.82) is 0 Å². The Morgan fingerprint density at radius 3 is 2.18 bits per heavy atom. The minimum absolute atomic E-state index is 0.222. The second-order valence-corrected chi connectivity index (χ2v) is 7.13. The van der Waals surface area contributed by atoms with Gasteiger partial charge in [-0.2, -0.15) is 0 Å². The van der Waals surface area contributed by atoms with E-state index in [1.807, 2.05) is 0 Å². The summed E-state index contributed by atoms with van der Waals surface area (Å²) in [5.41, 5.74) is 1.42. The van der Waals surface area contributed by atoms with Crippen LogP contribution in [-0.4, -0.2) is 58.6 Å². The average molecular weight is 392 g/mol. The monoisotopic (exact) mass is 392 g/mol. The van der Waals surface area contributed by atoms with Crippen molar-refractivity contribution >= 4 is 17.8 Å². The molecule has 3 N–H and O–H groups in total. The number of hydrogen-bond donors (Lipinski definition) is 3. The lowest BCUT2D eigenvalue weighted by molar-refractivity contribution is -0.159. The third kappa shape index (κ3) is 9.50. The highest BCUT2D eigenvalue weighted by atomic mass is 16.4. The van der Waals surface area contributed by atoms with Crippen molar-refractivity contribution in [2.24, 2.45) is 5.92 Å². The summed E-state index contributed by atoms with van der Waals surface area (Å²) in [6.07, 6.45) is 5.37. The zero-order valence-electron chi connectivity index (χ0n) is 16.8. The van der Waals surface area contributed by atoms with Crippen LogP contribution in [0.15, 0.2) is 30.3 Å². The quantitative estimate of drug-likeness (QED) is 0.615. The maximum absolute atomic E-state index is 12.1. The van der Waals surface area contributed by atoms with E-state index >= 15 is 0 Å². The Balaban J connectivity index is 0.000000568. The van der Waals surface area contributed by atoms with Crippen LogP contribution in [0.1, 0.15) is 45.1 Å². The van der Waals surface area contributed by atoms with Gasteiger partial charge < -0.3 is 20.4 Å². The summed E-state index contributed by atoms with van der Waals surface area (Å²) in [6, 6.07) is 11.0. The van der Waals surface area contributed by atoms with Crippen LogP contribution in [0.4, 0.5) is 0 Å². The first-order valence-corrected chi connectivity index (χ1v) is 9.86. The highest BCUT2D eigenvalue weighted by Gasteiger charge is 2.25. The Morgan fingerprint density at radius 2 is 1.68 bits per heavy atom. The highest BCUT2D eigenvalue weighted by Crippen LogP contribution is 2.18. The molecule has 1 saturated heterocycles.